The zero-order chi connectivity index (χ0) is 10.7. The highest BCUT2D eigenvalue weighted by Gasteiger charge is 2.12. The Morgan fingerprint density at radius 3 is 2.93 bits per heavy atom. The smallest absolute Gasteiger partial charge is 0.0994 e. The van der Waals surface area contributed by atoms with Gasteiger partial charge in [0.1, 0.15) is 0 Å². The monoisotopic (exact) mass is 203 g/mol. The topological polar surface area (TPSA) is 61.8 Å². The second-order valence-electron chi connectivity index (χ2n) is 3.28. The number of aromatic amines is 1. The molecule has 2 rings (SSSR count). The number of aliphatic hydroxyl groups excluding tert-OH is 1. The maximum atomic E-state index is 9.30. The first-order valence-corrected chi connectivity index (χ1v) is 4.94. The van der Waals surface area contributed by atoms with E-state index in [1.165, 1.54) is 0 Å². The van der Waals surface area contributed by atoms with Crippen molar-refractivity contribution < 1.29 is 5.11 Å². The summed E-state index contributed by atoms with van der Waals surface area (Å²) >= 11 is 0. The van der Waals surface area contributed by atoms with E-state index in [9.17, 15) is 5.11 Å². The lowest BCUT2D eigenvalue weighted by atomic mass is 10.1. The fraction of sp³-hybridized carbons (Fsp3) is 0.273. The van der Waals surface area contributed by atoms with Crippen molar-refractivity contribution in [3.63, 3.8) is 0 Å². The maximum Gasteiger partial charge on any atom is 0.0994 e. The van der Waals surface area contributed by atoms with E-state index in [4.69, 9.17) is 0 Å². The molecule has 2 N–H and O–H groups in total. The third kappa shape index (κ3) is 1.76. The van der Waals surface area contributed by atoms with Crippen LogP contribution in [-0.4, -0.2) is 20.3 Å². The molecule has 78 valence electrons. The fourth-order valence-corrected chi connectivity index (χ4v) is 1.61. The Morgan fingerprint density at radius 1 is 1.47 bits per heavy atom. The van der Waals surface area contributed by atoms with Crippen LogP contribution in [0.4, 0.5) is 0 Å². The summed E-state index contributed by atoms with van der Waals surface area (Å²) in [5.74, 6) is 0. The lowest BCUT2D eigenvalue weighted by Gasteiger charge is -2.00. The molecule has 0 aromatic carbocycles. The van der Waals surface area contributed by atoms with Crippen LogP contribution in [0.15, 0.2) is 24.5 Å². The molecule has 0 amide bonds. The van der Waals surface area contributed by atoms with Gasteiger partial charge in [0.05, 0.1) is 12.3 Å². The van der Waals surface area contributed by atoms with Crippen LogP contribution in [-0.2, 0) is 13.0 Å². The van der Waals surface area contributed by atoms with E-state index in [1.54, 1.807) is 12.4 Å². The number of aromatic nitrogens is 3. The minimum absolute atomic E-state index is 0.00387. The average Bonchev–Trinajstić information content (AvgIpc) is 2.72. The van der Waals surface area contributed by atoms with E-state index >= 15 is 0 Å². The number of H-pyrrole nitrogens is 1. The van der Waals surface area contributed by atoms with E-state index in [1.807, 2.05) is 19.1 Å². The molecule has 0 saturated heterocycles. The Morgan fingerprint density at radius 2 is 2.33 bits per heavy atom. The van der Waals surface area contributed by atoms with Gasteiger partial charge in [-0.1, -0.05) is 6.92 Å². The van der Waals surface area contributed by atoms with Gasteiger partial charge in [-0.25, -0.2) is 0 Å². The standard InChI is InChI=1S/C11H13N3O/c1-2-10-9(7-15)11(14-13-10)8-4-3-5-12-6-8/h3-6,15H,2,7H2,1H3,(H,13,14). The molecular formula is C11H13N3O. The molecule has 0 aliphatic carbocycles. The Kier molecular flexibility index (Phi) is 2.78. The third-order valence-electron chi connectivity index (χ3n) is 2.40. The highest BCUT2D eigenvalue weighted by Crippen LogP contribution is 2.23. The van der Waals surface area contributed by atoms with Gasteiger partial charge < -0.3 is 5.11 Å². The molecule has 0 spiro atoms. The Hall–Kier alpha value is -1.68. The molecule has 0 radical (unpaired) electrons. The van der Waals surface area contributed by atoms with Crippen LogP contribution in [0.2, 0.25) is 0 Å². The molecule has 0 bridgehead atoms. The van der Waals surface area contributed by atoms with Gasteiger partial charge >= 0.3 is 0 Å². The van der Waals surface area contributed by atoms with E-state index in [0.29, 0.717) is 0 Å². The summed E-state index contributed by atoms with van der Waals surface area (Å²) in [4.78, 5) is 4.04. The van der Waals surface area contributed by atoms with Crippen molar-refractivity contribution in [2.24, 2.45) is 0 Å². The molecule has 0 atom stereocenters. The number of pyridine rings is 1. The molecule has 0 aliphatic rings. The fourth-order valence-electron chi connectivity index (χ4n) is 1.61. The Labute approximate surface area is 88.0 Å². The van der Waals surface area contributed by atoms with Crippen LogP contribution in [0.25, 0.3) is 11.3 Å². The Balaban J connectivity index is 2.49. The minimum Gasteiger partial charge on any atom is -0.392 e. The van der Waals surface area contributed by atoms with Gasteiger partial charge in [-0.2, -0.15) is 5.10 Å². The van der Waals surface area contributed by atoms with Gasteiger partial charge in [-0.15, -0.1) is 0 Å². The normalized spacial score (nSPS) is 10.5. The highest BCUT2D eigenvalue weighted by molar-refractivity contribution is 5.62. The van der Waals surface area contributed by atoms with E-state index in [2.05, 4.69) is 15.2 Å². The molecule has 4 heteroatoms. The van der Waals surface area contributed by atoms with Gasteiger partial charge in [0.25, 0.3) is 0 Å². The molecular weight excluding hydrogens is 190 g/mol. The van der Waals surface area contributed by atoms with Crippen molar-refractivity contribution in [3.8, 4) is 11.3 Å². The van der Waals surface area contributed by atoms with E-state index < -0.39 is 0 Å². The third-order valence-corrected chi connectivity index (χ3v) is 2.40. The van der Waals surface area contributed by atoms with Crippen molar-refractivity contribution in [1.29, 1.82) is 0 Å². The quantitative estimate of drug-likeness (QED) is 0.795. The first kappa shape index (κ1) is 9.86. The van der Waals surface area contributed by atoms with Crippen LogP contribution >= 0.6 is 0 Å². The van der Waals surface area contributed by atoms with E-state index in [-0.39, 0.29) is 6.61 Å². The van der Waals surface area contributed by atoms with Crippen LogP contribution in [0.1, 0.15) is 18.2 Å². The minimum atomic E-state index is 0.00387. The summed E-state index contributed by atoms with van der Waals surface area (Å²) in [5.41, 5.74) is 3.57. The van der Waals surface area contributed by atoms with Crippen molar-refractivity contribution in [2.45, 2.75) is 20.0 Å². The lowest BCUT2D eigenvalue weighted by molar-refractivity contribution is 0.281. The zero-order valence-electron chi connectivity index (χ0n) is 8.57. The number of aryl methyl sites for hydroxylation is 1. The van der Waals surface area contributed by atoms with Crippen molar-refractivity contribution >= 4 is 0 Å². The van der Waals surface area contributed by atoms with Crippen LogP contribution in [0.5, 0.6) is 0 Å². The van der Waals surface area contributed by atoms with Gasteiger partial charge in [0.2, 0.25) is 0 Å². The summed E-state index contributed by atoms with van der Waals surface area (Å²) < 4.78 is 0. The van der Waals surface area contributed by atoms with Crippen LogP contribution in [0, 0.1) is 0 Å². The van der Waals surface area contributed by atoms with Crippen LogP contribution in [0.3, 0.4) is 0 Å². The Bertz CT molecular complexity index is 436. The predicted octanol–water partition coefficient (Wildman–Crippen LogP) is 1.53. The second-order valence-corrected chi connectivity index (χ2v) is 3.28. The summed E-state index contributed by atoms with van der Waals surface area (Å²) in [5, 5.41) is 16.4. The summed E-state index contributed by atoms with van der Waals surface area (Å²) in [6.07, 6.45) is 4.30. The van der Waals surface area contributed by atoms with Crippen molar-refractivity contribution in [3.05, 3.63) is 35.8 Å². The molecule has 0 fully saturated rings. The molecule has 2 aromatic heterocycles. The SMILES string of the molecule is CCc1[nH]nc(-c2cccnc2)c1CO. The number of rotatable bonds is 3. The maximum absolute atomic E-state index is 9.30. The molecule has 15 heavy (non-hydrogen) atoms. The second kappa shape index (κ2) is 4.23. The largest absolute Gasteiger partial charge is 0.392 e. The van der Waals surface area contributed by atoms with Crippen molar-refractivity contribution in [2.75, 3.05) is 0 Å². The van der Waals surface area contributed by atoms with E-state index in [0.717, 1.165) is 28.9 Å². The number of nitrogens with zero attached hydrogens (tertiary/aromatic N) is 2. The molecule has 2 heterocycles. The van der Waals surface area contributed by atoms with Gasteiger partial charge in [0, 0.05) is 29.2 Å². The highest BCUT2D eigenvalue weighted by atomic mass is 16.3. The van der Waals surface area contributed by atoms with Crippen molar-refractivity contribution in [1.82, 2.24) is 15.2 Å². The number of hydrogen-bond donors (Lipinski definition) is 2. The molecule has 0 unspecified atom stereocenters. The zero-order valence-corrected chi connectivity index (χ0v) is 8.57. The molecule has 4 nitrogen and oxygen atoms in total. The molecule has 0 aliphatic heterocycles. The predicted molar refractivity (Wildman–Crippen MR) is 57.1 cm³/mol. The average molecular weight is 203 g/mol. The molecule has 2 aromatic rings. The first-order chi connectivity index (χ1) is 7.36. The van der Waals surface area contributed by atoms with Gasteiger partial charge in [-0.3, -0.25) is 10.1 Å². The summed E-state index contributed by atoms with van der Waals surface area (Å²) in [6.45, 7) is 2.03. The number of nitrogens with one attached hydrogen (secondary N) is 1. The lowest BCUT2D eigenvalue weighted by Crippen LogP contribution is -1.91. The van der Waals surface area contributed by atoms with Gasteiger partial charge in [0.15, 0.2) is 0 Å². The van der Waals surface area contributed by atoms with Gasteiger partial charge in [-0.05, 0) is 18.6 Å². The summed E-state index contributed by atoms with van der Waals surface area (Å²) in [6, 6.07) is 3.79. The summed E-state index contributed by atoms with van der Waals surface area (Å²) in [7, 11) is 0. The first-order valence-electron chi connectivity index (χ1n) is 4.94. The molecule has 0 saturated carbocycles. The number of aliphatic hydroxyl groups is 1. The van der Waals surface area contributed by atoms with Crippen LogP contribution < -0.4 is 0 Å². The number of hydrogen-bond acceptors (Lipinski definition) is 3.